The van der Waals surface area contributed by atoms with Crippen molar-refractivity contribution < 1.29 is 9.59 Å². The van der Waals surface area contributed by atoms with Crippen LogP contribution in [0.4, 0.5) is 0 Å². The van der Waals surface area contributed by atoms with Crippen LogP contribution in [0.15, 0.2) is 11.6 Å². The number of hydrogen-bond acceptors (Lipinski definition) is 2. The van der Waals surface area contributed by atoms with Gasteiger partial charge in [-0.25, -0.2) is 0 Å². The summed E-state index contributed by atoms with van der Waals surface area (Å²) in [6, 6.07) is 0. The lowest BCUT2D eigenvalue weighted by Gasteiger charge is -2.12. The van der Waals surface area contributed by atoms with Gasteiger partial charge in [0.25, 0.3) is 0 Å². The van der Waals surface area contributed by atoms with E-state index in [9.17, 15) is 9.59 Å². The summed E-state index contributed by atoms with van der Waals surface area (Å²) in [6.07, 6.45) is 2.31. The van der Waals surface area contributed by atoms with Gasteiger partial charge in [0.05, 0.1) is 0 Å². The highest BCUT2D eigenvalue weighted by Gasteiger charge is 2.34. The van der Waals surface area contributed by atoms with E-state index >= 15 is 0 Å². The lowest BCUT2D eigenvalue weighted by atomic mass is 10.1. The van der Waals surface area contributed by atoms with E-state index in [2.05, 4.69) is 0 Å². The van der Waals surface area contributed by atoms with E-state index in [1.165, 1.54) is 0 Å². The number of likely N-dealkylation sites (tertiary alicyclic amines) is 1. The average Bonchev–Trinajstić information content (AvgIpc) is 2.42. The molecule has 0 spiro atoms. The van der Waals surface area contributed by atoms with Crippen molar-refractivity contribution in [1.82, 2.24) is 4.90 Å². The fourth-order valence-electron chi connectivity index (χ4n) is 1.90. The van der Waals surface area contributed by atoms with Crippen molar-refractivity contribution in [3.63, 3.8) is 0 Å². The number of nitrogens with zero attached hydrogens (tertiary/aromatic N) is 1. The second kappa shape index (κ2) is 2.44. The molecular weight excluding hydrogens is 154 g/mol. The minimum atomic E-state index is 0.109. The fraction of sp³-hybridized carbons (Fsp3) is 0.556. The van der Waals surface area contributed by atoms with Crippen LogP contribution >= 0.6 is 0 Å². The number of carbonyl (C=O) groups excluding carboxylic acids is 2. The second-order valence-corrected chi connectivity index (χ2v) is 3.49. The second-order valence-electron chi connectivity index (χ2n) is 3.49. The van der Waals surface area contributed by atoms with Crippen molar-refractivity contribution in [1.29, 1.82) is 0 Å². The summed E-state index contributed by atoms with van der Waals surface area (Å²) in [7, 11) is 0. The number of hydrogen-bond donors (Lipinski definition) is 0. The summed E-state index contributed by atoms with van der Waals surface area (Å²) < 4.78 is 0. The summed E-state index contributed by atoms with van der Waals surface area (Å²) in [4.78, 5) is 23.7. The molecule has 1 aliphatic heterocycles. The molecule has 0 aromatic heterocycles. The molecule has 1 aliphatic carbocycles. The molecule has 64 valence electrons. The van der Waals surface area contributed by atoms with Crippen LogP contribution in [0.5, 0.6) is 0 Å². The molecule has 1 unspecified atom stereocenters. The standard InChI is InChI=1S/C9H11NO2/c1-6(11)10-4-7-2-9(12)3-8(7)5-10/h2,8H,3-5H2,1H3. The first-order valence-electron chi connectivity index (χ1n) is 4.15. The Morgan fingerprint density at radius 3 is 3.00 bits per heavy atom. The Morgan fingerprint density at radius 1 is 1.67 bits per heavy atom. The summed E-state index contributed by atoms with van der Waals surface area (Å²) in [5.74, 6) is 0.664. The van der Waals surface area contributed by atoms with E-state index in [1.807, 2.05) is 0 Å². The molecule has 1 amide bonds. The third-order valence-electron chi connectivity index (χ3n) is 2.58. The molecule has 1 fully saturated rings. The average molecular weight is 165 g/mol. The zero-order chi connectivity index (χ0) is 8.72. The Bertz CT molecular complexity index is 280. The van der Waals surface area contributed by atoms with Gasteiger partial charge in [-0.05, 0) is 11.6 Å². The van der Waals surface area contributed by atoms with Crippen molar-refractivity contribution >= 4 is 11.7 Å². The smallest absolute Gasteiger partial charge is 0.219 e. The zero-order valence-corrected chi connectivity index (χ0v) is 7.04. The summed E-state index contributed by atoms with van der Waals surface area (Å²) >= 11 is 0. The quantitative estimate of drug-likeness (QED) is 0.520. The molecule has 3 heteroatoms. The molecule has 0 radical (unpaired) electrons. The number of allylic oxidation sites excluding steroid dienone is 1. The largest absolute Gasteiger partial charge is 0.338 e. The summed E-state index contributed by atoms with van der Waals surface area (Å²) in [5.41, 5.74) is 1.15. The van der Waals surface area contributed by atoms with Gasteiger partial charge in [0.15, 0.2) is 5.78 Å². The van der Waals surface area contributed by atoms with Gasteiger partial charge in [-0.15, -0.1) is 0 Å². The zero-order valence-electron chi connectivity index (χ0n) is 7.04. The van der Waals surface area contributed by atoms with Crippen LogP contribution in [0.3, 0.4) is 0 Å². The molecule has 0 bridgehead atoms. The summed E-state index contributed by atoms with van der Waals surface area (Å²) in [6.45, 7) is 2.99. The fourth-order valence-corrected chi connectivity index (χ4v) is 1.90. The molecule has 3 nitrogen and oxygen atoms in total. The maximum Gasteiger partial charge on any atom is 0.219 e. The Hall–Kier alpha value is -1.12. The van der Waals surface area contributed by atoms with Crippen molar-refractivity contribution in [2.75, 3.05) is 13.1 Å². The van der Waals surface area contributed by atoms with E-state index in [-0.39, 0.29) is 11.7 Å². The van der Waals surface area contributed by atoms with E-state index < -0.39 is 0 Å². The SMILES string of the molecule is CC(=O)N1CC2=CC(=O)CC2C1. The molecular formula is C9H11NO2. The van der Waals surface area contributed by atoms with Gasteiger partial charge in [-0.2, -0.15) is 0 Å². The number of fused-ring (bicyclic) bond motifs is 1. The van der Waals surface area contributed by atoms with Crippen molar-refractivity contribution in [3.8, 4) is 0 Å². The molecule has 2 rings (SSSR count). The Balaban J connectivity index is 2.14. The Morgan fingerprint density at radius 2 is 2.42 bits per heavy atom. The molecule has 1 atom stereocenters. The minimum absolute atomic E-state index is 0.109. The van der Waals surface area contributed by atoms with E-state index in [4.69, 9.17) is 0 Å². The Kier molecular flexibility index (Phi) is 1.53. The predicted octanol–water partition coefficient (Wildman–Crippen LogP) is 0.364. The maximum absolute atomic E-state index is 11.0. The van der Waals surface area contributed by atoms with E-state index in [0.717, 1.165) is 12.1 Å². The lowest BCUT2D eigenvalue weighted by molar-refractivity contribution is -0.128. The topological polar surface area (TPSA) is 37.4 Å². The normalized spacial score (nSPS) is 27.4. The molecule has 0 aromatic rings. The highest BCUT2D eigenvalue weighted by atomic mass is 16.2. The van der Waals surface area contributed by atoms with Gasteiger partial charge in [0.2, 0.25) is 5.91 Å². The number of amides is 1. The van der Waals surface area contributed by atoms with E-state index in [1.54, 1.807) is 17.9 Å². The van der Waals surface area contributed by atoms with Crippen LogP contribution in [0.25, 0.3) is 0 Å². The molecule has 1 heterocycles. The minimum Gasteiger partial charge on any atom is -0.338 e. The monoisotopic (exact) mass is 165 g/mol. The van der Waals surface area contributed by atoms with Crippen LogP contribution < -0.4 is 0 Å². The van der Waals surface area contributed by atoms with Crippen LogP contribution in [0.1, 0.15) is 13.3 Å². The predicted molar refractivity (Wildman–Crippen MR) is 43.5 cm³/mol. The van der Waals surface area contributed by atoms with E-state index in [0.29, 0.717) is 18.9 Å². The van der Waals surface area contributed by atoms with Gasteiger partial charge in [-0.3, -0.25) is 9.59 Å². The van der Waals surface area contributed by atoms with Crippen LogP contribution in [-0.4, -0.2) is 29.7 Å². The molecule has 2 aliphatic rings. The summed E-state index contributed by atoms with van der Waals surface area (Å²) in [5, 5.41) is 0. The molecule has 1 saturated heterocycles. The van der Waals surface area contributed by atoms with Gasteiger partial charge < -0.3 is 4.90 Å². The molecule has 0 aromatic carbocycles. The highest BCUT2D eigenvalue weighted by Crippen LogP contribution is 2.30. The van der Waals surface area contributed by atoms with Gasteiger partial charge in [-0.1, -0.05) is 0 Å². The number of carbonyl (C=O) groups is 2. The first kappa shape index (κ1) is 7.53. The van der Waals surface area contributed by atoms with Crippen molar-refractivity contribution in [2.24, 2.45) is 5.92 Å². The van der Waals surface area contributed by atoms with Crippen molar-refractivity contribution in [3.05, 3.63) is 11.6 Å². The van der Waals surface area contributed by atoms with Gasteiger partial charge in [0.1, 0.15) is 0 Å². The third kappa shape index (κ3) is 1.05. The maximum atomic E-state index is 11.0. The first-order chi connectivity index (χ1) is 5.66. The number of ketones is 1. The lowest BCUT2D eigenvalue weighted by Crippen LogP contribution is -2.26. The van der Waals surface area contributed by atoms with Gasteiger partial charge in [0, 0.05) is 32.4 Å². The molecule has 0 saturated carbocycles. The molecule has 12 heavy (non-hydrogen) atoms. The first-order valence-corrected chi connectivity index (χ1v) is 4.15. The molecule has 0 N–H and O–H groups in total. The van der Waals surface area contributed by atoms with Crippen LogP contribution in [0.2, 0.25) is 0 Å². The third-order valence-corrected chi connectivity index (χ3v) is 2.58. The highest BCUT2D eigenvalue weighted by molar-refractivity contribution is 5.94. The number of rotatable bonds is 0. The Labute approximate surface area is 71.0 Å². The van der Waals surface area contributed by atoms with Crippen LogP contribution in [-0.2, 0) is 9.59 Å². The van der Waals surface area contributed by atoms with Crippen molar-refractivity contribution in [2.45, 2.75) is 13.3 Å². The van der Waals surface area contributed by atoms with Crippen LogP contribution in [0, 0.1) is 5.92 Å². The van der Waals surface area contributed by atoms with Gasteiger partial charge >= 0.3 is 0 Å².